The van der Waals surface area contributed by atoms with E-state index in [2.05, 4.69) is 27.9 Å². The number of carbonyl (C=O) groups is 3. The van der Waals surface area contributed by atoms with Crippen molar-refractivity contribution < 1.29 is 32.7 Å². The van der Waals surface area contributed by atoms with Gasteiger partial charge in [0.15, 0.2) is 0 Å². The van der Waals surface area contributed by atoms with Crippen LogP contribution in [0.15, 0.2) is 30.6 Å². The minimum Gasteiger partial charge on any atom is -0.475 e. The Morgan fingerprint density at radius 3 is 2.53 bits per heavy atom. The van der Waals surface area contributed by atoms with Crippen LogP contribution in [0.25, 0.3) is 11.1 Å². The van der Waals surface area contributed by atoms with Crippen molar-refractivity contribution in [3.05, 3.63) is 36.2 Å². The van der Waals surface area contributed by atoms with Crippen LogP contribution < -0.4 is 15.5 Å². The SMILES string of the molecule is O=C(O)C(F)(F)F.O=C1CCN(c2cnn3cc(C4=CCNCC4)ccc23)C(=O)N1. The Hall–Kier alpha value is -3.41. The summed E-state index contributed by atoms with van der Waals surface area (Å²) in [6, 6.07) is 3.65. The monoisotopic (exact) mass is 425 g/mol. The number of aromatic nitrogens is 2. The molecule has 0 radical (unpaired) electrons. The van der Waals surface area contributed by atoms with Crippen molar-refractivity contribution in [1.82, 2.24) is 20.2 Å². The van der Waals surface area contributed by atoms with Gasteiger partial charge in [-0.15, -0.1) is 0 Å². The first-order chi connectivity index (χ1) is 14.2. The Kier molecular flexibility index (Phi) is 6.06. The molecule has 0 aliphatic carbocycles. The number of nitrogens with one attached hydrogen (secondary N) is 2. The number of carboxylic acids is 1. The predicted molar refractivity (Wildman–Crippen MR) is 99.8 cm³/mol. The molecule has 12 heteroatoms. The summed E-state index contributed by atoms with van der Waals surface area (Å²) in [4.78, 5) is 33.7. The average molecular weight is 425 g/mol. The van der Waals surface area contributed by atoms with Gasteiger partial charge >= 0.3 is 18.2 Å². The molecular formula is C18H18F3N5O4. The van der Waals surface area contributed by atoms with Gasteiger partial charge in [-0.3, -0.25) is 15.0 Å². The first-order valence-corrected chi connectivity index (χ1v) is 8.96. The zero-order chi connectivity index (χ0) is 21.9. The third-order valence-corrected chi connectivity index (χ3v) is 4.52. The average Bonchev–Trinajstić information content (AvgIpc) is 3.11. The molecule has 2 aliphatic heterocycles. The molecule has 160 valence electrons. The Morgan fingerprint density at radius 2 is 1.93 bits per heavy atom. The first-order valence-electron chi connectivity index (χ1n) is 8.96. The Morgan fingerprint density at radius 1 is 1.20 bits per heavy atom. The molecule has 0 saturated carbocycles. The maximum Gasteiger partial charge on any atom is 0.490 e. The van der Waals surface area contributed by atoms with E-state index in [-0.39, 0.29) is 11.9 Å². The topological polar surface area (TPSA) is 116 Å². The van der Waals surface area contributed by atoms with E-state index in [0.29, 0.717) is 13.0 Å². The van der Waals surface area contributed by atoms with Gasteiger partial charge in [0, 0.05) is 25.7 Å². The lowest BCUT2D eigenvalue weighted by Crippen LogP contribution is -2.49. The Bertz CT molecular complexity index is 1010. The lowest BCUT2D eigenvalue weighted by atomic mass is 10.0. The van der Waals surface area contributed by atoms with Crippen LogP contribution in [0, 0.1) is 0 Å². The fourth-order valence-corrected chi connectivity index (χ4v) is 3.05. The molecule has 4 heterocycles. The van der Waals surface area contributed by atoms with Gasteiger partial charge in [-0.05, 0) is 30.2 Å². The zero-order valence-electron chi connectivity index (χ0n) is 15.6. The van der Waals surface area contributed by atoms with E-state index in [9.17, 15) is 22.8 Å². The second kappa shape index (κ2) is 8.53. The van der Waals surface area contributed by atoms with Crippen molar-refractivity contribution in [2.24, 2.45) is 0 Å². The smallest absolute Gasteiger partial charge is 0.475 e. The van der Waals surface area contributed by atoms with Crippen molar-refractivity contribution in [2.75, 3.05) is 24.5 Å². The molecule has 0 spiro atoms. The van der Waals surface area contributed by atoms with E-state index in [1.54, 1.807) is 15.6 Å². The molecule has 2 aliphatic rings. The van der Waals surface area contributed by atoms with Crippen LogP contribution in [0.3, 0.4) is 0 Å². The molecule has 0 unspecified atom stereocenters. The highest BCUT2D eigenvalue weighted by Gasteiger charge is 2.38. The summed E-state index contributed by atoms with van der Waals surface area (Å²) in [5.41, 5.74) is 4.03. The van der Waals surface area contributed by atoms with Gasteiger partial charge in [-0.2, -0.15) is 18.3 Å². The summed E-state index contributed by atoms with van der Waals surface area (Å²) in [5.74, 6) is -2.99. The quantitative estimate of drug-likeness (QED) is 0.676. The summed E-state index contributed by atoms with van der Waals surface area (Å²) in [6.07, 6.45) is 2.07. The fourth-order valence-electron chi connectivity index (χ4n) is 3.05. The molecule has 0 bridgehead atoms. The van der Waals surface area contributed by atoms with E-state index in [1.807, 2.05) is 12.3 Å². The molecule has 0 aromatic carbocycles. The van der Waals surface area contributed by atoms with Gasteiger partial charge in [0.2, 0.25) is 5.91 Å². The van der Waals surface area contributed by atoms with Gasteiger partial charge in [0.05, 0.1) is 17.4 Å². The minimum absolute atomic E-state index is 0.233. The predicted octanol–water partition coefficient (Wildman–Crippen LogP) is 1.79. The van der Waals surface area contributed by atoms with Crippen molar-refractivity contribution in [3.8, 4) is 0 Å². The van der Waals surface area contributed by atoms with E-state index in [1.165, 1.54) is 5.57 Å². The molecule has 1 fully saturated rings. The highest BCUT2D eigenvalue weighted by atomic mass is 19.4. The molecule has 2 aromatic heterocycles. The van der Waals surface area contributed by atoms with Crippen LogP contribution in [0.4, 0.5) is 23.7 Å². The number of hydrogen-bond donors (Lipinski definition) is 3. The molecule has 0 atom stereocenters. The van der Waals surface area contributed by atoms with Gasteiger partial charge in [-0.1, -0.05) is 12.1 Å². The van der Waals surface area contributed by atoms with Crippen molar-refractivity contribution in [3.63, 3.8) is 0 Å². The number of alkyl halides is 3. The molecule has 4 rings (SSSR count). The highest BCUT2D eigenvalue weighted by Crippen LogP contribution is 2.26. The number of aliphatic carboxylic acids is 1. The summed E-state index contributed by atoms with van der Waals surface area (Å²) >= 11 is 0. The lowest BCUT2D eigenvalue weighted by Gasteiger charge is -2.25. The number of imide groups is 1. The number of fused-ring (bicyclic) bond motifs is 1. The Labute approximate surface area is 168 Å². The van der Waals surface area contributed by atoms with Gasteiger partial charge in [0.25, 0.3) is 0 Å². The zero-order valence-corrected chi connectivity index (χ0v) is 15.6. The van der Waals surface area contributed by atoms with E-state index in [0.717, 1.165) is 36.3 Å². The van der Waals surface area contributed by atoms with Gasteiger partial charge < -0.3 is 10.4 Å². The van der Waals surface area contributed by atoms with Crippen molar-refractivity contribution in [2.45, 2.75) is 19.0 Å². The highest BCUT2D eigenvalue weighted by molar-refractivity contribution is 6.07. The van der Waals surface area contributed by atoms with Crippen LogP contribution >= 0.6 is 0 Å². The minimum atomic E-state index is -5.08. The molecule has 1 saturated heterocycles. The number of carboxylic acid groups (broad SMARTS) is 1. The molecule has 9 nitrogen and oxygen atoms in total. The number of amides is 3. The van der Waals surface area contributed by atoms with Gasteiger partial charge in [-0.25, -0.2) is 14.1 Å². The largest absolute Gasteiger partial charge is 0.490 e. The second-order valence-corrected chi connectivity index (χ2v) is 6.52. The van der Waals surface area contributed by atoms with Crippen LogP contribution in [-0.2, 0) is 9.59 Å². The lowest BCUT2D eigenvalue weighted by molar-refractivity contribution is -0.192. The maximum atomic E-state index is 12.0. The summed E-state index contributed by atoms with van der Waals surface area (Å²) in [6.45, 7) is 2.25. The fraction of sp³-hybridized carbons (Fsp3) is 0.333. The third-order valence-electron chi connectivity index (χ3n) is 4.52. The standard InChI is InChI=1S/C16H17N5O2.C2HF3O2/c22-15-5-8-20(16(23)19-15)14-9-18-21-10-12(1-2-13(14)21)11-3-6-17-7-4-11;3-2(4,5)1(6)7/h1-3,9-10,17H,4-8H2,(H,19,22,23);(H,6,7). The number of urea groups is 1. The normalized spacial score (nSPS) is 17.2. The molecule has 2 aromatic rings. The number of anilines is 1. The van der Waals surface area contributed by atoms with Crippen molar-refractivity contribution in [1.29, 1.82) is 0 Å². The van der Waals surface area contributed by atoms with Crippen LogP contribution in [0.5, 0.6) is 0 Å². The van der Waals surface area contributed by atoms with Gasteiger partial charge in [0.1, 0.15) is 0 Å². The van der Waals surface area contributed by atoms with Crippen molar-refractivity contribution >= 4 is 34.7 Å². The van der Waals surface area contributed by atoms with E-state index in [4.69, 9.17) is 9.90 Å². The van der Waals surface area contributed by atoms with E-state index >= 15 is 0 Å². The van der Waals surface area contributed by atoms with E-state index < -0.39 is 12.1 Å². The number of nitrogens with zero attached hydrogens (tertiary/aromatic N) is 3. The number of carbonyl (C=O) groups excluding carboxylic acids is 2. The number of rotatable bonds is 2. The first kappa shape index (κ1) is 21.3. The maximum absolute atomic E-state index is 12.0. The number of halogens is 3. The van der Waals surface area contributed by atoms with Crippen LogP contribution in [0.1, 0.15) is 18.4 Å². The summed E-state index contributed by atoms with van der Waals surface area (Å²) in [5, 5.41) is 17.1. The second-order valence-electron chi connectivity index (χ2n) is 6.52. The summed E-state index contributed by atoms with van der Waals surface area (Å²) < 4.78 is 33.5. The van der Waals surface area contributed by atoms with Crippen LogP contribution in [-0.4, -0.2) is 58.4 Å². The Balaban J connectivity index is 0.000000318. The molecule has 3 amide bonds. The molecular weight excluding hydrogens is 407 g/mol. The summed E-state index contributed by atoms with van der Waals surface area (Å²) in [7, 11) is 0. The molecule has 30 heavy (non-hydrogen) atoms. The number of hydrogen-bond acceptors (Lipinski definition) is 5. The van der Waals surface area contributed by atoms with Crippen LogP contribution in [0.2, 0.25) is 0 Å². The third kappa shape index (κ3) is 4.76. The number of pyridine rings is 1. The molecule has 3 N–H and O–H groups in total.